The van der Waals surface area contributed by atoms with Gasteiger partial charge >= 0.3 is 11.9 Å². The minimum Gasteiger partial charge on any atom is -0.626 e. The second kappa shape index (κ2) is 8.82. The van der Waals surface area contributed by atoms with Crippen LogP contribution in [0.3, 0.4) is 0 Å². The lowest BCUT2D eigenvalue weighted by atomic mass is 10.1. The highest BCUT2D eigenvalue weighted by Gasteiger charge is 2.36. The van der Waals surface area contributed by atoms with E-state index in [0.29, 0.717) is 23.4 Å². The Labute approximate surface area is 186 Å². The van der Waals surface area contributed by atoms with Crippen LogP contribution in [0.2, 0.25) is 0 Å². The van der Waals surface area contributed by atoms with Crippen LogP contribution in [0.25, 0.3) is 0 Å². The molecule has 1 aliphatic rings. The molecule has 0 radical (unpaired) electrons. The summed E-state index contributed by atoms with van der Waals surface area (Å²) in [6, 6.07) is 21.8. The van der Waals surface area contributed by atoms with Gasteiger partial charge in [-0.05, 0) is 35.9 Å². The van der Waals surface area contributed by atoms with Crippen molar-refractivity contribution < 1.29 is 19.1 Å². The minimum absolute atomic E-state index is 0.246. The molecule has 1 unspecified atom stereocenters. The molecule has 0 amide bonds. The Balaban J connectivity index is 1.55. The highest BCUT2D eigenvalue weighted by atomic mass is 16.6. The Bertz CT molecular complexity index is 1130. The van der Waals surface area contributed by atoms with E-state index in [9.17, 15) is 14.8 Å². The topological polar surface area (TPSA) is 78.9 Å². The van der Waals surface area contributed by atoms with Crippen LogP contribution < -0.4 is 9.55 Å². The van der Waals surface area contributed by atoms with Crippen molar-refractivity contribution in [1.82, 2.24) is 4.65 Å². The number of ether oxygens (including phenoxy) is 2. The van der Waals surface area contributed by atoms with E-state index < -0.39 is 10.6 Å². The van der Waals surface area contributed by atoms with E-state index in [0.717, 1.165) is 16.8 Å². The van der Waals surface area contributed by atoms with Crippen LogP contribution >= 0.6 is 0 Å². The summed E-state index contributed by atoms with van der Waals surface area (Å²) in [5.74, 6) is -0.782. The first kappa shape index (κ1) is 21.5. The van der Waals surface area contributed by atoms with Crippen molar-refractivity contribution in [2.45, 2.75) is 13.1 Å². The number of quaternary nitrogens is 1. The van der Waals surface area contributed by atoms with Crippen molar-refractivity contribution in [2.75, 3.05) is 25.8 Å². The molecule has 7 heteroatoms. The average Bonchev–Trinajstić information content (AvgIpc) is 3.10. The molecule has 32 heavy (non-hydrogen) atoms. The van der Waals surface area contributed by atoms with Gasteiger partial charge in [-0.2, -0.15) is 0 Å². The molecule has 0 N–H and O–H groups in total. The molecule has 1 heterocycles. The third kappa shape index (κ3) is 4.21. The van der Waals surface area contributed by atoms with E-state index in [1.54, 1.807) is 36.4 Å². The van der Waals surface area contributed by atoms with Gasteiger partial charge in [0.25, 0.3) is 0 Å². The maximum Gasteiger partial charge on any atom is 0.337 e. The van der Waals surface area contributed by atoms with Crippen LogP contribution in [0.1, 0.15) is 31.8 Å². The Hall–Kier alpha value is -3.68. The van der Waals surface area contributed by atoms with Crippen molar-refractivity contribution in [3.8, 4) is 0 Å². The lowest BCUT2D eigenvalue weighted by Crippen LogP contribution is -2.44. The van der Waals surface area contributed by atoms with Crippen LogP contribution in [0.5, 0.6) is 0 Å². The van der Waals surface area contributed by atoms with E-state index >= 15 is 0 Å². The molecule has 3 aromatic rings. The van der Waals surface area contributed by atoms with Crippen LogP contribution in [0.4, 0.5) is 11.4 Å². The summed E-state index contributed by atoms with van der Waals surface area (Å²) < 4.78 is 8.96. The number of anilines is 1. The summed E-state index contributed by atoms with van der Waals surface area (Å²) in [6.07, 6.45) is 0. The lowest BCUT2D eigenvalue weighted by Gasteiger charge is -2.38. The molecule has 7 nitrogen and oxygen atoms in total. The van der Waals surface area contributed by atoms with Gasteiger partial charge in [-0.15, -0.1) is 0 Å². The molecule has 0 aliphatic carbocycles. The molecular formula is C25H24N2O5. The number of hydroxylamine groups is 2. The van der Waals surface area contributed by atoms with E-state index in [2.05, 4.69) is 4.90 Å². The number of hydrogen-bond acceptors (Lipinski definition) is 6. The van der Waals surface area contributed by atoms with E-state index in [4.69, 9.17) is 9.47 Å². The largest absolute Gasteiger partial charge is 0.626 e. The first-order valence-corrected chi connectivity index (χ1v) is 10.2. The number of carbonyl (C=O) groups is 2. The van der Waals surface area contributed by atoms with Crippen molar-refractivity contribution in [1.29, 1.82) is 0 Å². The standard InChI is InChI=1S/C25H24N2O5/c1-31-24(28)20-11-7-18(8-12-20)15-26-17-27(30,23-6-4-3-5-22(23)26)16-19-9-13-21(14-10-19)25(29)32-2/h3-14H,15-17H2,1-2H3. The summed E-state index contributed by atoms with van der Waals surface area (Å²) in [5, 5.41) is 13.9. The number of para-hydroxylation sites is 2. The highest BCUT2D eigenvalue weighted by Crippen LogP contribution is 2.42. The molecule has 0 bridgehead atoms. The summed E-state index contributed by atoms with van der Waals surface area (Å²) in [4.78, 5) is 25.4. The fraction of sp³-hybridized carbons (Fsp3) is 0.200. The van der Waals surface area contributed by atoms with Gasteiger partial charge in [0.2, 0.25) is 0 Å². The number of nitrogens with zero attached hydrogens (tertiary/aromatic N) is 2. The lowest BCUT2D eigenvalue weighted by molar-refractivity contribution is 0.0592. The summed E-state index contributed by atoms with van der Waals surface area (Å²) in [5.41, 5.74) is 4.37. The predicted octanol–water partition coefficient (Wildman–Crippen LogP) is 4.24. The average molecular weight is 432 g/mol. The number of methoxy groups -OCH3 is 2. The smallest absolute Gasteiger partial charge is 0.337 e. The van der Waals surface area contributed by atoms with Gasteiger partial charge < -0.3 is 24.2 Å². The zero-order chi connectivity index (χ0) is 22.7. The number of fused-ring (bicyclic) bond motifs is 1. The number of benzene rings is 3. The zero-order valence-electron chi connectivity index (χ0n) is 18.0. The number of hydrogen-bond donors (Lipinski definition) is 0. The van der Waals surface area contributed by atoms with Gasteiger partial charge in [0.05, 0.1) is 25.3 Å². The maximum atomic E-state index is 13.9. The second-order valence-corrected chi connectivity index (χ2v) is 7.75. The molecule has 0 fully saturated rings. The van der Waals surface area contributed by atoms with Gasteiger partial charge in [-0.1, -0.05) is 36.4 Å². The number of esters is 2. The maximum absolute atomic E-state index is 13.9. The molecule has 3 aromatic carbocycles. The van der Waals surface area contributed by atoms with Gasteiger partial charge in [0, 0.05) is 18.2 Å². The molecule has 4 rings (SSSR count). The normalized spacial score (nSPS) is 17.0. The first-order chi connectivity index (χ1) is 15.4. The van der Waals surface area contributed by atoms with E-state index in [-0.39, 0.29) is 19.2 Å². The Morgan fingerprint density at radius 3 is 1.94 bits per heavy atom. The first-order valence-electron chi connectivity index (χ1n) is 10.2. The number of rotatable bonds is 6. The predicted molar refractivity (Wildman–Crippen MR) is 122 cm³/mol. The molecular weight excluding hydrogens is 408 g/mol. The van der Waals surface area contributed by atoms with Gasteiger partial charge in [-0.25, -0.2) is 9.59 Å². The van der Waals surface area contributed by atoms with Gasteiger partial charge in [0.15, 0.2) is 12.4 Å². The van der Waals surface area contributed by atoms with Crippen molar-refractivity contribution >= 4 is 23.3 Å². The van der Waals surface area contributed by atoms with Crippen LogP contribution in [-0.4, -0.2) is 32.8 Å². The van der Waals surface area contributed by atoms with Gasteiger partial charge in [-0.3, -0.25) is 0 Å². The molecule has 0 saturated carbocycles. The molecule has 0 spiro atoms. The quantitative estimate of drug-likeness (QED) is 0.329. The Morgan fingerprint density at radius 1 is 0.844 bits per heavy atom. The fourth-order valence-electron chi connectivity index (χ4n) is 4.02. The number of carbonyl (C=O) groups excluding carboxylic acids is 2. The highest BCUT2D eigenvalue weighted by molar-refractivity contribution is 5.89. The van der Waals surface area contributed by atoms with Crippen LogP contribution in [-0.2, 0) is 22.6 Å². The summed E-state index contributed by atoms with van der Waals surface area (Å²) in [7, 11) is 2.69. The summed E-state index contributed by atoms with van der Waals surface area (Å²) >= 11 is 0. The van der Waals surface area contributed by atoms with Crippen molar-refractivity contribution in [3.63, 3.8) is 0 Å². The zero-order valence-corrected chi connectivity index (χ0v) is 18.0. The third-order valence-electron chi connectivity index (χ3n) is 5.62. The van der Waals surface area contributed by atoms with Crippen molar-refractivity contribution in [2.24, 2.45) is 0 Å². The Kier molecular flexibility index (Phi) is 5.94. The summed E-state index contributed by atoms with van der Waals surface area (Å²) in [6.45, 7) is 1.05. The second-order valence-electron chi connectivity index (χ2n) is 7.75. The van der Waals surface area contributed by atoms with E-state index in [1.165, 1.54) is 14.2 Å². The fourth-order valence-corrected chi connectivity index (χ4v) is 4.02. The van der Waals surface area contributed by atoms with E-state index in [1.807, 2.05) is 36.4 Å². The third-order valence-corrected chi connectivity index (χ3v) is 5.62. The molecule has 0 saturated heterocycles. The van der Waals surface area contributed by atoms with Crippen LogP contribution in [0.15, 0.2) is 72.8 Å². The molecule has 164 valence electrons. The minimum atomic E-state index is -0.520. The van der Waals surface area contributed by atoms with Gasteiger partial charge in [0.1, 0.15) is 12.2 Å². The van der Waals surface area contributed by atoms with Crippen molar-refractivity contribution in [3.05, 3.63) is 100 Å². The molecule has 0 aromatic heterocycles. The molecule has 1 aliphatic heterocycles. The SMILES string of the molecule is COC(=O)c1ccc(CN2C[N+]([O-])(Cc3ccc(C(=O)OC)cc3)c3ccccc32)cc1. The Morgan fingerprint density at radius 2 is 1.38 bits per heavy atom. The molecule has 1 atom stereocenters. The van der Waals surface area contributed by atoms with Crippen LogP contribution in [0, 0.1) is 5.21 Å². The monoisotopic (exact) mass is 432 g/mol.